The Kier molecular flexibility index (Phi) is 2.60. The second kappa shape index (κ2) is 4.00. The van der Waals surface area contributed by atoms with Gasteiger partial charge in [-0.15, -0.1) is 11.3 Å². The number of thiazole rings is 1. The fourth-order valence-electron chi connectivity index (χ4n) is 2.53. The smallest absolute Gasteiger partial charge is 0.180 e. The van der Waals surface area contributed by atoms with Crippen LogP contribution in [-0.4, -0.2) is 4.98 Å². The summed E-state index contributed by atoms with van der Waals surface area (Å²) in [5, 5.41) is 1.48. The van der Waals surface area contributed by atoms with Gasteiger partial charge in [-0.2, -0.15) is 0 Å². The van der Waals surface area contributed by atoms with E-state index in [0.717, 1.165) is 17.9 Å². The Morgan fingerprint density at radius 2 is 2.29 bits per heavy atom. The fourth-order valence-corrected chi connectivity index (χ4v) is 3.74. The summed E-state index contributed by atoms with van der Waals surface area (Å²) < 4.78 is 0. The quantitative estimate of drug-likeness (QED) is 0.852. The number of anilines is 1. The van der Waals surface area contributed by atoms with Gasteiger partial charge in [0, 0.05) is 15.8 Å². The van der Waals surface area contributed by atoms with Crippen molar-refractivity contribution in [1.29, 1.82) is 0 Å². The van der Waals surface area contributed by atoms with E-state index in [-0.39, 0.29) is 0 Å². The van der Waals surface area contributed by atoms with E-state index in [1.807, 2.05) is 6.07 Å². The van der Waals surface area contributed by atoms with Gasteiger partial charge in [0.2, 0.25) is 0 Å². The molecule has 0 fully saturated rings. The molecule has 88 valence electrons. The molecule has 0 aliphatic heterocycles. The first-order chi connectivity index (χ1) is 8.15. The molecule has 1 unspecified atom stereocenters. The third kappa shape index (κ3) is 1.83. The molecule has 1 heterocycles. The zero-order chi connectivity index (χ0) is 12.0. The molecular formula is C13H13ClN2S. The number of aromatic nitrogens is 1. The van der Waals surface area contributed by atoms with Crippen molar-refractivity contribution in [2.75, 3.05) is 5.73 Å². The summed E-state index contributed by atoms with van der Waals surface area (Å²) in [7, 11) is 0. The molecule has 2 nitrogen and oxygen atoms in total. The average molecular weight is 265 g/mol. The lowest BCUT2D eigenvalue weighted by Gasteiger charge is -2.13. The van der Waals surface area contributed by atoms with Crippen molar-refractivity contribution in [3.8, 4) is 0 Å². The molecule has 2 aromatic rings. The molecule has 0 saturated carbocycles. The van der Waals surface area contributed by atoms with Crippen LogP contribution in [0.3, 0.4) is 0 Å². The number of hydrogen-bond acceptors (Lipinski definition) is 3. The summed E-state index contributed by atoms with van der Waals surface area (Å²) in [6.07, 6.45) is 2.15. The fraction of sp³-hybridized carbons (Fsp3) is 0.308. The van der Waals surface area contributed by atoms with Crippen LogP contribution in [0.2, 0.25) is 5.02 Å². The summed E-state index contributed by atoms with van der Waals surface area (Å²) in [5.74, 6) is 0.429. The molecule has 4 heteroatoms. The minimum atomic E-state index is 0.429. The van der Waals surface area contributed by atoms with Crippen LogP contribution in [0.15, 0.2) is 18.2 Å². The maximum Gasteiger partial charge on any atom is 0.180 e. The molecule has 1 aromatic carbocycles. The van der Waals surface area contributed by atoms with Crippen molar-refractivity contribution in [3.05, 3.63) is 44.9 Å². The second-order valence-electron chi connectivity index (χ2n) is 4.46. The van der Waals surface area contributed by atoms with Gasteiger partial charge in [0.15, 0.2) is 5.13 Å². The predicted molar refractivity (Wildman–Crippen MR) is 72.9 cm³/mol. The number of nitrogen functional groups attached to an aromatic ring is 1. The van der Waals surface area contributed by atoms with Crippen molar-refractivity contribution in [3.63, 3.8) is 0 Å². The Bertz CT molecular complexity index is 577. The molecule has 0 bridgehead atoms. The highest BCUT2D eigenvalue weighted by molar-refractivity contribution is 7.15. The van der Waals surface area contributed by atoms with Gasteiger partial charge in [0.1, 0.15) is 0 Å². The number of halogens is 1. The van der Waals surface area contributed by atoms with Crippen LogP contribution in [0.1, 0.15) is 34.0 Å². The Hall–Kier alpha value is -1.06. The number of rotatable bonds is 1. The van der Waals surface area contributed by atoms with Crippen LogP contribution in [0.25, 0.3) is 0 Å². The van der Waals surface area contributed by atoms with E-state index < -0.39 is 0 Å². The van der Waals surface area contributed by atoms with E-state index in [1.54, 1.807) is 11.3 Å². The predicted octanol–water partition coefficient (Wildman–Crippen LogP) is 3.77. The summed E-state index contributed by atoms with van der Waals surface area (Å²) in [6, 6.07) is 6.10. The van der Waals surface area contributed by atoms with Crippen LogP contribution in [0.4, 0.5) is 5.13 Å². The molecule has 0 saturated heterocycles. The van der Waals surface area contributed by atoms with E-state index in [4.69, 9.17) is 17.3 Å². The molecule has 2 N–H and O–H groups in total. The minimum Gasteiger partial charge on any atom is -0.375 e. The number of nitrogens with two attached hydrogens (primary N) is 1. The zero-order valence-corrected chi connectivity index (χ0v) is 11.1. The van der Waals surface area contributed by atoms with E-state index >= 15 is 0 Å². The maximum absolute atomic E-state index is 6.09. The van der Waals surface area contributed by atoms with Gasteiger partial charge in [0.05, 0.1) is 5.69 Å². The van der Waals surface area contributed by atoms with Gasteiger partial charge < -0.3 is 5.73 Å². The molecule has 1 aliphatic rings. The molecule has 17 heavy (non-hydrogen) atoms. The third-order valence-electron chi connectivity index (χ3n) is 3.35. The van der Waals surface area contributed by atoms with Crippen molar-refractivity contribution in [2.45, 2.75) is 25.7 Å². The van der Waals surface area contributed by atoms with E-state index in [9.17, 15) is 0 Å². The van der Waals surface area contributed by atoms with Gasteiger partial charge >= 0.3 is 0 Å². The summed E-state index contributed by atoms with van der Waals surface area (Å²) in [6.45, 7) is 2.13. The highest BCUT2D eigenvalue weighted by Crippen LogP contribution is 2.43. The molecule has 0 radical (unpaired) electrons. The SMILES string of the molecule is Cc1ccc(Cl)cc1C1CCc2nc(N)sc21. The molecule has 1 aliphatic carbocycles. The number of aryl methyl sites for hydroxylation is 2. The summed E-state index contributed by atoms with van der Waals surface area (Å²) in [4.78, 5) is 5.71. The van der Waals surface area contributed by atoms with Crippen molar-refractivity contribution >= 4 is 28.1 Å². The van der Waals surface area contributed by atoms with Crippen LogP contribution in [0, 0.1) is 6.92 Å². The highest BCUT2D eigenvalue weighted by Gasteiger charge is 2.28. The van der Waals surface area contributed by atoms with E-state index in [1.165, 1.54) is 21.7 Å². The lowest BCUT2D eigenvalue weighted by Crippen LogP contribution is -1.97. The number of hydrogen-bond donors (Lipinski definition) is 1. The van der Waals surface area contributed by atoms with Gasteiger partial charge in [-0.1, -0.05) is 17.7 Å². The molecular weight excluding hydrogens is 252 g/mol. The first-order valence-corrected chi connectivity index (χ1v) is 6.85. The third-order valence-corrected chi connectivity index (χ3v) is 4.62. The Labute approximate surface area is 109 Å². The van der Waals surface area contributed by atoms with Crippen molar-refractivity contribution in [1.82, 2.24) is 4.98 Å². The normalized spacial score (nSPS) is 18.4. The minimum absolute atomic E-state index is 0.429. The van der Waals surface area contributed by atoms with Gasteiger partial charge in [-0.3, -0.25) is 0 Å². The molecule has 1 atom stereocenters. The van der Waals surface area contributed by atoms with Gasteiger partial charge in [0.25, 0.3) is 0 Å². The second-order valence-corrected chi connectivity index (χ2v) is 5.95. The monoisotopic (exact) mass is 264 g/mol. The van der Waals surface area contributed by atoms with E-state index in [0.29, 0.717) is 11.0 Å². The molecule has 1 aromatic heterocycles. The first kappa shape index (κ1) is 11.1. The largest absolute Gasteiger partial charge is 0.375 e. The van der Waals surface area contributed by atoms with Crippen LogP contribution < -0.4 is 5.73 Å². The summed E-state index contributed by atoms with van der Waals surface area (Å²) in [5.41, 5.74) is 9.57. The van der Waals surface area contributed by atoms with Crippen molar-refractivity contribution in [2.24, 2.45) is 0 Å². The highest BCUT2D eigenvalue weighted by atomic mass is 35.5. The number of benzene rings is 1. The standard InChI is InChI=1S/C13H13ClN2S/c1-7-2-3-8(14)6-10(7)9-4-5-11-12(9)17-13(15)16-11/h2-3,6,9H,4-5H2,1H3,(H2,15,16). The Morgan fingerprint density at radius 1 is 1.47 bits per heavy atom. The van der Waals surface area contributed by atoms with Gasteiger partial charge in [-0.25, -0.2) is 4.98 Å². The zero-order valence-electron chi connectivity index (χ0n) is 9.53. The lowest BCUT2D eigenvalue weighted by molar-refractivity contribution is 0.785. The first-order valence-electron chi connectivity index (χ1n) is 5.66. The van der Waals surface area contributed by atoms with Crippen LogP contribution >= 0.6 is 22.9 Å². The van der Waals surface area contributed by atoms with Gasteiger partial charge in [-0.05, 0) is 43.0 Å². The van der Waals surface area contributed by atoms with Crippen LogP contribution in [-0.2, 0) is 6.42 Å². The van der Waals surface area contributed by atoms with E-state index in [2.05, 4.69) is 24.0 Å². The summed E-state index contributed by atoms with van der Waals surface area (Å²) >= 11 is 7.71. The maximum atomic E-state index is 6.09. The number of fused-ring (bicyclic) bond motifs is 1. The lowest BCUT2D eigenvalue weighted by atomic mass is 9.94. The number of nitrogens with zero attached hydrogens (tertiary/aromatic N) is 1. The topological polar surface area (TPSA) is 38.9 Å². The average Bonchev–Trinajstić information content (AvgIpc) is 2.80. The Balaban J connectivity index is 2.09. The van der Waals surface area contributed by atoms with Crippen molar-refractivity contribution < 1.29 is 0 Å². The molecule has 0 spiro atoms. The molecule has 0 amide bonds. The van der Waals surface area contributed by atoms with Crippen LogP contribution in [0.5, 0.6) is 0 Å². The molecule has 3 rings (SSSR count). The Morgan fingerprint density at radius 3 is 3.12 bits per heavy atom.